The molecule has 0 aliphatic rings. The van der Waals surface area contributed by atoms with Crippen LogP contribution in [0, 0.1) is 5.92 Å². The summed E-state index contributed by atoms with van der Waals surface area (Å²) in [6.07, 6.45) is 1.12. The van der Waals surface area contributed by atoms with Crippen LogP contribution in [0.2, 0.25) is 0 Å². The van der Waals surface area contributed by atoms with E-state index in [0.29, 0.717) is 12.2 Å². The Kier molecular flexibility index (Phi) is 7.76. The van der Waals surface area contributed by atoms with Crippen LogP contribution in [-0.4, -0.2) is 33.9 Å². The predicted molar refractivity (Wildman–Crippen MR) is 133 cm³/mol. The van der Waals surface area contributed by atoms with Crippen LogP contribution in [0.1, 0.15) is 24.3 Å². The molecule has 172 valence electrons. The lowest BCUT2D eigenvalue weighted by Crippen LogP contribution is -2.34. The van der Waals surface area contributed by atoms with Crippen LogP contribution in [0.25, 0.3) is 10.4 Å². The summed E-state index contributed by atoms with van der Waals surface area (Å²) in [6.45, 7) is 4.70. The maximum Gasteiger partial charge on any atom is 0.229 e. The van der Waals surface area contributed by atoms with Crippen LogP contribution in [0.3, 0.4) is 0 Å². The highest BCUT2D eigenvalue weighted by atomic mass is 32.2. The summed E-state index contributed by atoms with van der Waals surface area (Å²) in [5.74, 6) is 0.138. The van der Waals surface area contributed by atoms with Gasteiger partial charge < -0.3 is 0 Å². The van der Waals surface area contributed by atoms with Crippen molar-refractivity contribution in [3.63, 3.8) is 0 Å². The first-order chi connectivity index (χ1) is 15.0. The molecule has 1 heterocycles. The van der Waals surface area contributed by atoms with Crippen LogP contribution in [-0.2, 0) is 32.3 Å². The minimum atomic E-state index is -3.51. The minimum absolute atomic E-state index is 0.0418. The molecule has 0 spiro atoms. The zero-order chi connectivity index (χ0) is 23.4. The molecule has 0 fully saturated rings. The van der Waals surface area contributed by atoms with Gasteiger partial charge in [0.25, 0.3) is 0 Å². The van der Waals surface area contributed by atoms with Crippen molar-refractivity contribution in [3.05, 3.63) is 77.2 Å². The molecule has 0 radical (unpaired) electrons. The number of hydrogen-bond donors (Lipinski definition) is 1. The third-order valence-corrected chi connectivity index (χ3v) is 8.09. The normalized spacial score (nSPS) is 12.4. The quantitative estimate of drug-likeness (QED) is 0.442. The number of nitrogens with one attached hydrogen (secondary N) is 1. The van der Waals surface area contributed by atoms with E-state index in [2.05, 4.69) is 4.72 Å². The molecule has 9 heteroatoms. The van der Waals surface area contributed by atoms with Crippen LogP contribution in [0.5, 0.6) is 0 Å². The topological polar surface area (TPSA) is 83.6 Å². The molecule has 0 atom stereocenters. The van der Waals surface area contributed by atoms with Gasteiger partial charge >= 0.3 is 0 Å². The van der Waals surface area contributed by atoms with Crippen LogP contribution >= 0.6 is 11.3 Å². The largest absolute Gasteiger partial charge is 0.283 e. The van der Waals surface area contributed by atoms with Gasteiger partial charge in [-0.05, 0) is 29.7 Å². The van der Waals surface area contributed by atoms with Gasteiger partial charge in [-0.3, -0.25) is 4.72 Å². The van der Waals surface area contributed by atoms with Crippen LogP contribution < -0.4 is 4.72 Å². The van der Waals surface area contributed by atoms with Crippen molar-refractivity contribution in [2.24, 2.45) is 5.92 Å². The first kappa shape index (κ1) is 24.4. The van der Waals surface area contributed by atoms with E-state index in [0.717, 1.165) is 27.1 Å². The minimum Gasteiger partial charge on any atom is -0.283 e. The number of sulfonamides is 2. The van der Waals surface area contributed by atoms with Gasteiger partial charge in [0.1, 0.15) is 0 Å². The van der Waals surface area contributed by atoms with Crippen molar-refractivity contribution in [1.29, 1.82) is 0 Å². The number of hydrogen-bond acceptors (Lipinski definition) is 5. The number of anilines is 1. The fraction of sp³-hybridized carbons (Fsp3) is 0.304. The monoisotopic (exact) mass is 492 g/mol. The standard InChI is InChI=1S/C23H28N2O4S3/c1-18(2)15-25(32(28,29)17-19-9-5-4-6-10-19)16-20-13-14-23(30-20)21-11-7-8-12-22(21)24-31(3,26)27/h4-14,18,24H,15-17H2,1-3H3. The van der Waals surface area contributed by atoms with Crippen molar-refractivity contribution in [3.8, 4) is 10.4 Å². The SMILES string of the molecule is CC(C)CN(Cc1ccc(-c2ccccc2NS(C)(=O)=O)s1)S(=O)(=O)Cc1ccccc1. The Morgan fingerprint density at radius 1 is 0.906 bits per heavy atom. The molecule has 0 saturated carbocycles. The van der Waals surface area contributed by atoms with E-state index >= 15 is 0 Å². The smallest absolute Gasteiger partial charge is 0.229 e. The fourth-order valence-corrected chi connectivity index (χ4v) is 6.71. The Morgan fingerprint density at radius 3 is 2.22 bits per heavy atom. The fourth-order valence-electron chi connectivity index (χ4n) is 3.33. The lowest BCUT2D eigenvalue weighted by atomic mass is 10.1. The molecule has 1 N–H and O–H groups in total. The van der Waals surface area contributed by atoms with Crippen molar-refractivity contribution in [2.45, 2.75) is 26.1 Å². The summed E-state index contributed by atoms with van der Waals surface area (Å²) in [4.78, 5) is 1.77. The number of thiophene rings is 1. The van der Waals surface area contributed by atoms with E-state index in [1.54, 1.807) is 16.4 Å². The zero-order valence-corrected chi connectivity index (χ0v) is 20.8. The predicted octanol–water partition coefficient (Wildman–Crippen LogP) is 4.77. The number of nitrogens with zero attached hydrogens (tertiary/aromatic N) is 1. The second-order valence-electron chi connectivity index (χ2n) is 8.11. The summed E-state index contributed by atoms with van der Waals surface area (Å²) in [5, 5.41) is 0. The van der Waals surface area contributed by atoms with Crippen LogP contribution in [0.4, 0.5) is 5.69 Å². The lowest BCUT2D eigenvalue weighted by Gasteiger charge is -2.23. The van der Waals surface area contributed by atoms with Gasteiger partial charge in [-0.15, -0.1) is 11.3 Å². The van der Waals surface area contributed by atoms with Crippen molar-refractivity contribution in [2.75, 3.05) is 17.5 Å². The Morgan fingerprint density at radius 2 is 1.56 bits per heavy atom. The summed E-state index contributed by atoms with van der Waals surface area (Å²) in [5.41, 5.74) is 2.02. The van der Waals surface area contributed by atoms with Gasteiger partial charge in [0.05, 0.1) is 17.7 Å². The van der Waals surface area contributed by atoms with E-state index in [-0.39, 0.29) is 18.2 Å². The Bertz CT molecular complexity index is 1250. The first-order valence-electron chi connectivity index (χ1n) is 10.2. The average Bonchev–Trinajstić information content (AvgIpc) is 3.15. The molecule has 0 unspecified atom stereocenters. The molecule has 0 saturated heterocycles. The van der Waals surface area contributed by atoms with E-state index in [4.69, 9.17) is 0 Å². The van der Waals surface area contributed by atoms with Gasteiger partial charge in [-0.1, -0.05) is 62.4 Å². The third-order valence-electron chi connectivity index (χ3n) is 4.64. The molecule has 32 heavy (non-hydrogen) atoms. The summed E-state index contributed by atoms with van der Waals surface area (Å²) < 4.78 is 53.9. The molecular formula is C23H28N2O4S3. The average molecular weight is 493 g/mol. The highest BCUT2D eigenvalue weighted by molar-refractivity contribution is 7.92. The van der Waals surface area contributed by atoms with Gasteiger partial charge in [-0.2, -0.15) is 4.31 Å². The summed E-state index contributed by atoms with van der Waals surface area (Å²) >= 11 is 1.46. The highest BCUT2D eigenvalue weighted by Gasteiger charge is 2.24. The second-order valence-corrected chi connectivity index (χ2v) is 13.0. The molecule has 6 nitrogen and oxygen atoms in total. The zero-order valence-electron chi connectivity index (χ0n) is 18.4. The molecule has 3 rings (SSSR count). The maximum atomic E-state index is 13.2. The van der Waals surface area contributed by atoms with E-state index in [1.807, 2.05) is 68.4 Å². The van der Waals surface area contributed by atoms with Gasteiger partial charge in [0.15, 0.2) is 0 Å². The number of rotatable bonds is 10. The lowest BCUT2D eigenvalue weighted by molar-refractivity contribution is 0.364. The van der Waals surface area contributed by atoms with Crippen molar-refractivity contribution in [1.82, 2.24) is 4.31 Å². The van der Waals surface area contributed by atoms with Crippen molar-refractivity contribution < 1.29 is 16.8 Å². The first-order valence-corrected chi connectivity index (χ1v) is 14.5. The Balaban J connectivity index is 1.86. The summed E-state index contributed by atoms with van der Waals surface area (Å²) in [7, 11) is -6.92. The Hall–Kier alpha value is -2.20. The molecule has 0 aliphatic heterocycles. The van der Waals surface area contributed by atoms with E-state index in [9.17, 15) is 16.8 Å². The van der Waals surface area contributed by atoms with E-state index < -0.39 is 20.0 Å². The second kappa shape index (κ2) is 10.2. The molecule has 1 aromatic heterocycles. The Labute approximate surface area is 195 Å². The third kappa shape index (κ3) is 6.90. The molecule has 3 aromatic rings. The van der Waals surface area contributed by atoms with Gasteiger partial charge in [-0.25, -0.2) is 16.8 Å². The maximum absolute atomic E-state index is 13.2. The summed E-state index contributed by atoms with van der Waals surface area (Å²) in [6, 6.07) is 20.2. The molecular weight excluding hydrogens is 464 g/mol. The van der Waals surface area contributed by atoms with Crippen LogP contribution in [0.15, 0.2) is 66.7 Å². The molecule has 2 aromatic carbocycles. The van der Waals surface area contributed by atoms with Gasteiger partial charge in [0, 0.05) is 28.4 Å². The number of para-hydroxylation sites is 1. The number of benzene rings is 2. The molecule has 0 bridgehead atoms. The molecule has 0 amide bonds. The molecule has 0 aliphatic carbocycles. The highest BCUT2D eigenvalue weighted by Crippen LogP contribution is 2.34. The van der Waals surface area contributed by atoms with Gasteiger partial charge in [0.2, 0.25) is 20.0 Å². The van der Waals surface area contributed by atoms with Crippen molar-refractivity contribution >= 4 is 37.1 Å². The van der Waals surface area contributed by atoms with E-state index in [1.165, 1.54) is 11.3 Å².